The summed E-state index contributed by atoms with van der Waals surface area (Å²) in [6.45, 7) is 5.13. The first-order chi connectivity index (χ1) is 21.6. The number of aryl methyl sites for hydroxylation is 1. The van der Waals surface area contributed by atoms with Crippen LogP contribution in [0.15, 0.2) is 119 Å². The van der Waals surface area contributed by atoms with Gasteiger partial charge in [-0.25, -0.2) is 0 Å². The number of halogens is 1. The number of fused-ring (bicyclic) bond motifs is 4. The summed E-state index contributed by atoms with van der Waals surface area (Å²) in [6, 6.07) is 34.4. The number of allylic oxidation sites excluding steroid dienone is 2. The number of aliphatic imine (C=N–C) groups is 1. The van der Waals surface area contributed by atoms with Crippen molar-refractivity contribution in [3.05, 3.63) is 142 Å². The highest BCUT2D eigenvalue weighted by Crippen LogP contribution is 2.50. The van der Waals surface area contributed by atoms with Crippen molar-refractivity contribution in [2.45, 2.75) is 38.8 Å². The lowest BCUT2D eigenvalue weighted by Crippen LogP contribution is -2.29. The molecule has 5 aromatic carbocycles. The smallest absolute Gasteiger partial charge is 0.175 e. The lowest BCUT2D eigenvalue weighted by molar-refractivity contribution is 0.268. The van der Waals surface area contributed by atoms with Gasteiger partial charge in [0.1, 0.15) is 6.61 Å². The summed E-state index contributed by atoms with van der Waals surface area (Å²) in [4.78, 5) is 4.80. The number of nitrogens with one attached hydrogen (secondary N) is 1. The highest BCUT2D eigenvalue weighted by molar-refractivity contribution is 9.10. The van der Waals surface area contributed by atoms with Gasteiger partial charge < -0.3 is 14.8 Å². The minimum absolute atomic E-state index is 0.273. The average molecular weight is 644 g/mol. The molecular weight excluding hydrogens is 608 g/mol. The van der Waals surface area contributed by atoms with Crippen LogP contribution in [-0.2, 0) is 6.61 Å². The van der Waals surface area contributed by atoms with Gasteiger partial charge in [-0.3, -0.25) is 4.99 Å². The third-order valence-electron chi connectivity index (χ3n) is 8.72. The van der Waals surface area contributed by atoms with E-state index in [0.717, 1.165) is 27.7 Å². The Morgan fingerprint density at radius 2 is 1.77 bits per heavy atom. The molecule has 220 valence electrons. The molecule has 0 fully saturated rings. The molecule has 0 saturated heterocycles. The number of ether oxygens (including phenoxy) is 2. The number of anilines is 1. The van der Waals surface area contributed by atoms with Crippen molar-refractivity contribution in [3.63, 3.8) is 0 Å². The van der Waals surface area contributed by atoms with Gasteiger partial charge in [0.25, 0.3) is 0 Å². The van der Waals surface area contributed by atoms with Crippen LogP contribution in [-0.4, -0.2) is 12.8 Å². The van der Waals surface area contributed by atoms with E-state index < -0.39 is 0 Å². The monoisotopic (exact) mass is 642 g/mol. The Labute approximate surface area is 267 Å². The van der Waals surface area contributed by atoms with Crippen molar-refractivity contribution in [2.75, 3.05) is 11.9 Å². The van der Waals surface area contributed by atoms with E-state index in [0.29, 0.717) is 36.5 Å². The second-order valence-corrected chi connectivity index (χ2v) is 12.5. The normalized spacial score (nSPS) is 18.7. The molecule has 3 atom stereocenters. The molecule has 5 heteroatoms. The van der Waals surface area contributed by atoms with Crippen LogP contribution in [0.5, 0.6) is 11.5 Å². The lowest BCUT2D eigenvalue weighted by Gasteiger charge is -2.37. The fourth-order valence-corrected chi connectivity index (χ4v) is 7.17. The van der Waals surface area contributed by atoms with Gasteiger partial charge in [0.15, 0.2) is 11.5 Å². The maximum atomic E-state index is 6.33. The van der Waals surface area contributed by atoms with Gasteiger partial charge in [0, 0.05) is 17.8 Å². The summed E-state index contributed by atoms with van der Waals surface area (Å²) in [5.74, 6) is 2.37. The molecule has 0 aromatic heterocycles. The first-order valence-electron chi connectivity index (χ1n) is 15.3. The zero-order valence-electron chi connectivity index (χ0n) is 25.0. The Kier molecular flexibility index (Phi) is 7.97. The zero-order valence-corrected chi connectivity index (χ0v) is 26.6. The van der Waals surface area contributed by atoms with Crippen LogP contribution < -0.4 is 14.8 Å². The molecule has 0 unspecified atom stereocenters. The molecule has 0 amide bonds. The van der Waals surface area contributed by atoms with Gasteiger partial charge in [-0.2, -0.15) is 0 Å². The third-order valence-corrected chi connectivity index (χ3v) is 9.31. The van der Waals surface area contributed by atoms with Crippen LogP contribution in [0.25, 0.3) is 10.8 Å². The zero-order chi connectivity index (χ0) is 30.0. The van der Waals surface area contributed by atoms with Crippen LogP contribution >= 0.6 is 15.9 Å². The summed E-state index contributed by atoms with van der Waals surface area (Å²) in [6.07, 6.45) is 7.71. The van der Waals surface area contributed by atoms with Crippen LogP contribution in [0, 0.1) is 12.8 Å². The molecule has 0 saturated carbocycles. The van der Waals surface area contributed by atoms with Gasteiger partial charge in [0.05, 0.1) is 22.8 Å². The largest absolute Gasteiger partial charge is 0.490 e. The summed E-state index contributed by atoms with van der Waals surface area (Å²) >= 11 is 3.73. The standard InChI is InChI=1S/C39H35BrN2O2/c1-3-43-37-22-26(21-35(40)39(37)44-24-29-10-6-9-27-8-4-5-11-31(27)29)23-41-30-17-15-28(16-18-30)38-33-13-7-12-32(33)34-20-25(2)14-19-36(34)42-38/h4-12,14-23,32-33,38,42H,3,13,24H2,1-2H3/t32-,33-,38+/m1/s1. The second-order valence-electron chi connectivity index (χ2n) is 11.6. The summed E-state index contributed by atoms with van der Waals surface area (Å²) in [5, 5.41) is 6.23. The Balaban J connectivity index is 1.08. The molecule has 1 N–H and O–H groups in total. The van der Waals surface area contributed by atoms with E-state index in [1.165, 1.54) is 33.2 Å². The van der Waals surface area contributed by atoms with Crippen LogP contribution in [0.4, 0.5) is 11.4 Å². The van der Waals surface area contributed by atoms with E-state index in [2.05, 4.69) is 125 Å². The topological polar surface area (TPSA) is 42.8 Å². The SMILES string of the molecule is CCOc1cc(C=Nc2ccc([C@@H]3Nc4ccc(C)cc4[C@@H]4C=CC[C@H]43)cc2)cc(Br)c1OCc1cccc2ccccc12. The fraction of sp³-hybridized carbons (Fsp3) is 0.205. The van der Waals surface area contributed by atoms with E-state index >= 15 is 0 Å². The molecule has 5 aromatic rings. The predicted molar refractivity (Wildman–Crippen MR) is 185 cm³/mol. The highest BCUT2D eigenvalue weighted by Gasteiger charge is 2.37. The molecule has 0 radical (unpaired) electrons. The number of rotatable bonds is 8. The quantitative estimate of drug-likeness (QED) is 0.135. The van der Waals surface area contributed by atoms with E-state index in [9.17, 15) is 0 Å². The lowest BCUT2D eigenvalue weighted by atomic mass is 9.76. The van der Waals surface area contributed by atoms with Crippen LogP contribution in [0.1, 0.15) is 53.1 Å². The minimum Gasteiger partial charge on any atom is -0.490 e. The summed E-state index contributed by atoms with van der Waals surface area (Å²) < 4.78 is 13.2. The molecule has 0 spiro atoms. The van der Waals surface area contributed by atoms with Gasteiger partial charge in [0.2, 0.25) is 0 Å². The molecule has 7 rings (SSSR count). The fourth-order valence-electron chi connectivity index (χ4n) is 6.59. The molecule has 1 aliphatic carbocycles. The van der Waals surface area contributed by atoms with E-state index in [1.807, 2.05) is 25.3 Å². The maximum Gasteiger partial charge on any atom is 0.175 e. The number of hydrogen-bond acceptors (Lipinski definition) is 4. The van der Waals surface area contributed by atoms with Crippen molar-refractivity contribution in [1.82, 2.24) is 0 Å². The first-order valence-corrected chi connectivity index (χ1v) is 16.1. The van der Waals surface area contributed by atoms with Gasteiger partial charge in [-0.05, 0) is 105 Å². The van der Waals surface area contributed by atoms with Crippen molar-refractivity contribution in [2.24, 2.45) is 10.9 Å². The van der Waals surface area contributed by atoms with E-state index in [4.69, 9.17) is 14.5 Å². The summed E-state index contributed by atoms with van der Waals surface area (Å²) in [7, 11) is 0. The van der Waals surface area contributed by atoms with Crippen molar-refractivity contribution < 1.29 is 9.47 Å². The van der Waals surface area contributed by atoms with E-state index in [-0.39, 0.29) is 6.04 Å². The number of nitrogens with zero attached hydrogens (tertiary/aromatic N) is 1. The van der Waals surface area contributed by atoms with Crippen molar-refractivity contribution in [3.8, 4) is 11.5 Å². The van der Waals surface area contributed by atoms with Crippen LogP contribution in [0.2, 0.25) is 0 Å². The van der Waals surface area contributed by atoms with Crippen molar-refractivity contribution >= 4 is 44.3 Å². The van der Waals surface area contributed by atoms with Gasteiger partial charge in [-0.1, -0.05) is 84.4 Å². The van der Waals surface area contributed by atoms with E-state index in [1.54, 1.807) is 0 Å². The number of hydrogen-bond donors (Lipinski definition) is 1. The predicted octanol–water partition coefficient (Wildman–Crippen LogP) is 10.5. The molecule has 2 aliphatic rings. The molecule has 44 heavy (non-hydrogen) atoms. The summed E-state index contributed by atoms with van der Waals surface area (Å²) in [5.41, 5.74) is 8.25. The Hall–Kier alpha value is -4.35. The molecular formula is C39H35BrN2O2. The highest BCUT2D eigenvalue weighted by atomic mass is 79.9. The average Bonchev–Trinajstić information content (AvgIpc) is 3.54. The Morgan fingerprint density at radius 1 is 0.932 bits per heavy atom. The second kappa shape index (κ2) is 12.3. The number of benzene rings is 5. The molecule has 0 bridgehead atoms. The van der Waals surface area contributed by atoms with Crippen LogP contribution in [0.3, 0.4) is 0 Å². The molecule has 1 heterocycles. The third kappa shape index (κ3) is 5.65. The Morgan fingerprint density at radius 3 is 2.64 bits per heavy atom. The van der Waals surface area contributed by atoms with Crippen molar-refractivity contribution in [1.29, 1.82) is 0 Å². The Bertz CT molecular complexity index is 1870. The minimum atomic E-state index is 0.273. The molecule has 4 nitrogen and oxygen atoms in total. The van der Waals surface area contributed by atoms with Gasteiger partial charge >= 0.3 is 0 Å². The first kappa shape index (κ1) is 28.4. The molecule has 1 aliphatic heterocycles. The maximum absolute atomic E-state index is 6.33. The van der Waals surface area contributed by atoms with Gasteiger partial charge in [-0.15, -0.1) is 0 Å².